The fourth-order valence-corrected chi connectivity index (χ4v) is 20.2. The summed E-state index contributed by atoms with van der Waals surface area (Å²) >= 11 is -3.01. The number of halogens is 2. The van der Waals surface area contributed by atoms with Gasteiger partial charge in [-0.3, -0.25) is 0 Å². The van der Waals surface area contributed by atoms with Crippen LogP contribution in [0.15, 0.2) is 35.4 Å². The molecule has 0 fully saturated rings. The number of rotatable bonds is 2. The summed E-state index contributed by atoms with van der Waals surface area (Å²) in [5.74, 6) is 0. The molecule has 2 aromatic carbocycles. The van der Waals surface area contributed by atoms with Crippen LogP contribution in [0.5, 0.6) is 0 Å². The van der Waals surface area contributed by atoms with Crippen molar-refractivity contribution >= 4 is 44.6 Å². The molecule has 30 heavy (non-hydrogen) atoms. The van der Waals surface area contributed by atoms with E-state index < -0.39 is 14.0 Å². The minimum Gasteiger partial charge on any atom is -0.147 e. The first kappa shape index (κ1) is 25.7. The molecule has 0 nitrogen and oxygen atoms in total. The van der Waals surface area contributed by atoms with Crippen LogP contribution in [0.2, 0.25) is 10.5 Å². The second-order valence-corrected chi connectivity index (χ2v) is 30.9. The molecule has 0 heterocycles. The van der Waals surface area contributed by atoms with Crippen LogP contribution in [0.25, 0.3) is 12.2 Å². The van der Waals surface area contributed by atoms with E-state index in [-0.39, 0.29) is 24.8 Å². The van der Waals surface area contributed by atoms with Gasteiger partial charge in [0, 0.05) is 0 Å². The third-order valence-corrected chi connectivity index (χ3v) is 19.3. The summed E-state index contributed by atoms with van der Waals surface area (Å²) in [6.07, 6.45) is 4.96. The van der Waals surface area contributed by atoms with Gasteiger partial charge in [0.05, 0.1) is 0 Å². The maximum Gasteiger partial charge on any atom is -0.147 e. The molecule has 0 saturated carbocycles. The first-order chi connectivity index (χ1) is 12.9. The van der Waals surface area contributed by atoms with Gasteiger partial charge in [-0.1, -0.05) is 0 Å². The fraction of sp³-hybridized carbons (Fsp3) is 0.385. The standard InChI is InChI=1S/2C12H13.2CH3.2ClH.H2Si.Ti/c2*1-8-4-11-6-9(2)10(3)7-12(11)5-8;;;;;;/h2*4-7H,1-3H3;2*1H3;2*1H;1H2;. The molecule has 4 heteroatoms. The van der Waals surface area contributed by atoms with Gasteiger partial charge in [-0.05, 0) is 0 Å². The molecule has 0 amide bonds. The number of benzene rings is 2. The van der Waals surface area contributed by atoms with Gasteiger partial charge in [0.25, 0.3) is 0 Å². The SMILES string of the molecule is CC1=Cc2cc(C)c(C)cc2[CH]1[Ti]([CH3])([CH3])(=[SiH2])[CH]1C(C)=Cc2cc(C)c(C)cc21.Cl.Cl. The van der Waals surface area contributed by atoms with Crippen molar-refractivity contribution in [3.05, 3.63) is 79.9 Å². The molecule has 2 aromatic rings. The molecule has 0 spiro atoms. The van der Waals surface area contributed by atoms with Crippen molar-refractivity contribution in [3.63, 3.8) is 0 Å². The van der Waals surface area contributed by atoms with Crippen LogP contribution in [0, 0.1) is 27.7 Å². The van der Waals surface area contributed by atoms with E-state index in [0.29, 0.717) is 8.45 Å². The van der Waals surface area contributed by atoms with Crippen molar-refractivity contribution in [2.24, 2.45) is 0 Å². The van der Waals surface area contributed by atoms with Gasteiger partial charge in [-0.25, -0.2) is 0 Å². The topological polar surface area (TPSA) is 0 Å². The quantitative estimate of drug-likeness (QED) is 0.375. The van der Waals surface area contributed by atoms with Crippen LogP contribution in [-0.2, 0) is 14.0 Å². The number of hydrogen-bond donors (Lipinski definition) is 0. The summed E-state index contributed by atoms with van der Waals surface area (Å²) in [6.45, 7) is 13.8. The molecule has 162 valence electrons. The summed E-state index contributed by atoms with van der Waals surface area (Å²) < 4.78 is 1.23. The molecule has 2 atom stereocenters. The largest absolute Gasteiger partial charge is 0.147 e. The van der Waals surface area contributed by atoms with Gasteiger partial charge in [0.15, 0.2) is 0 Å². The van der Waals surface area contributed by atoms with Crippen molar-refractivity contribution < 1.29 is 14.0 Å². The maximum atomic E-state index is 2.70. The van der Waals surface area contributed by atoms with Gasteiger partial charge in [0.2, 0.25) is 0 Å². The van der Waals surface area contributed by atoms with Crippen LogP contribution < -0.4 is 0 Å². The van der Waals surface area contributed by atoms with Crippen molar-refractivity contribution in [1.29, 1.82) is 0 Å². The Bertz CT molecular complexity index is 1080. The summed E-state index contributed by atoms with van der Waals surface area (Å²) in [4.78, 5) is 0. The van der Waals surface area contributed by atoms with Crippen LogP contribution >= 0.6 is 24.8 Å². The van der Waals surface area contributed by atoms with Gasteiger partial charge in [-0.2, -0.15) is 0 Å². The number of aryl methyl sites for hydroxylation is 4. The summed E-state index contributed by atoms with van der Waals surface area (Å²) in [5.41, 5.74) is 15.0. The van der Waals surface area contributed by atoms with Gasteiger partial charge in [0.1, 0.15) is 0 Å². The third kappa shape index (κ3) is 3.76. The van der Waals surface area contributed by atoms with Crippen molar-refractivity contribution in [2.45, 2.75) is 60.4 Å². The van der Waals surface area contributed by atoms with E-state index in [1.165, 1.54) is 33.4 Å². The zero-order valence-electron chi connectivity index (χ0n) is 19.6. The molecular weight excluding hydrogens is 459 g/mol. The van der Waals surface area contributed by atoms with Gasteiger partial charge < -0.3 is 0 Å². The Morgan fingerprint density at radius 2 is 0.900 bits per heavy atom. The van der Waals surface area contributed by atoms with Gasteiger partial charge >= 0.3 is 174 Å². The first-order valence-electron chi connectivity index (χ1n) is 10.5. The van der Waals surface area contributed by atoms with E-state index in [1.807, 2.05) is 0 Å². The van der Waals surface area contributed by atoms with Crippen LogP contribution in [0.1, 0.15) is 66.8 Å². The molecule has 0 saturated heterocycles. The smallest absolute Gasteiger partial charge is 0.147 e. The van der Waals surface area contributed by atoms with Crippen LogP contribution in [-0.4, -0.2) is 7.63 Å². The summed E-state index contributed by atoms with van der Waals surface area (Å²) in [6, 6.07) is 9.83. The minimum absolute atomic E-state index is 0. The van der Waals surface area contributed by atoms with E-state index in [4.69, 9.17) is 0 Å². The number of fused-ring (bicyclic) bond motifs is 2. The van der Waals surface area contributed by atoms with Crippen molar-refractivity contribution in [1.82, 2.24) is 0 Å². The average Bonchev–Trinajstić information content (AvgIpc) is 3.04. The number of allylic oxidation sites excluding steroid dienone is 2. The monoisotopic (exact) mass is 494 g/mol. The summed E-state index contributed by atoms with van der Waals surface area (Å²) in [7, 11) is 2.41. The Morgan fingerprint density at radius 3 is 1.23 bits per heavy atom. The fourth-order valence-electron chi connectivity index (χ4n) is 6.30. The Labute approximate surface area is 198 Å². The molecule has 0 aromatic heterocycles. The van der Waals surface area contributed by atoms with E-state index in [9.17, 15) is 0 Å². The molecule has 0 N–H and O–H groups in total. The van der Waals surface area contributed by atoms with E-state index in [2.05, 4.69) is 96.0 Å². The molecule has 2 aliphatic rings. The predicted molar refractivity (Wildman–Crippen MR) is 139 cm³/mol. The average molecular weight is 495 g/mol. The zero-order valence-corrected chi connectivity index (χ0v) is 24.3. The molecule has 2 unspecified atom stereocenters. The molecule has 0 radical (unpaired) electrons. The Balaban J connectivity index is 0.00000160. The molecule has 2 aliphatic carbocycles. The van der Waals surface area contributed by atoms with E-state index >= 15 is 0 Å². The normalized spacial score (nSPS) is 19.9. The van der Waals surface area contributed by atoms with Gasteiger partial charge in [-0.15, -0.1) is 24.8 Å². The maximum absolute atomic E-state index is 3.01. The Morgan fingerprint density at radius 1 is 0.600 bits per heavy atom. The molecule has 4 rings (SSSR count). The second-order valence-electron chi connectivity index (χ2n) is 10.7. The van der Waals surface area contributed by atoms with Crippen molar-refractivity contribution in [3.8, 4) is 0 Å². The molecule has 0 aliphatic heterocycles. The Kier molecular flexibility index (Phi) is 6.93. The molecular formula is C26H36Cl2SiTi. The first-order valence-corrected chi connectivity index (χ1v) is 19.5. The zero-order chi connectivity index (χ0) is 20.6. The van der Waals surface area contributed by atoms with Crippen LogP contribution in [0.4, 0.5) is 0 Å². The number of hydrogen-bond acceptors (Lipinski definition) is 0. The van der Waals surface area contributed by atoms with E-state index in [0.717, 1.165) is 0 Å². The summed E-state index contributed by atoms with van der Waals surface area (Å²) in [5, 5.41) is 5.41. The van der Waals surface area contributed by atoms with Crippen LogP contribution in [0.3, 0.4) is 0 Å². The minimum atomic E-state index is -3.01. The second kappa shape index (κ2) is 8.09. The molecule has 0 bridgehead atoms. The predicted octanol–water partition coefficient (Wildman–Crippen LogP) is 7.71. The van der Waals surface area contributed by atoms with E-state index in [1.54, 1.807) is 22.3 Å². The third-order valence-electron chi connectivity index (χ3n) is 7.59. The van der Waals surface area contributed by atoms with Crippen molar-refractivity contribution in [2.75, 3.05) is 0 Å². The Hall–Kier alpha value is -0.569.